The van der Waals surface area contributed by atoms with Crippen LogP contribution >= 0.6 is 0 Å². The molecule has 2 saturated heterocycles. The van der Waals surface area contributed by atoms with Crippen LogP contribution in [0.3, 0.4) is 0 Å². The monoisotopic (exact) mass is 488 g/mol. The lowest BCUT2D eigenvalue weighted by molar-refractivity contribution is 0.0468. The number of ether oxygens (including phenoxy) is 2. The summed E-state index contributed by atoms with van der Waals surface area (Å²) >= 11 is 0. The van der Waals surface area contributed by atoms with Gasteiger partial charge in [-0.1, -0.05) is 12.1 Å². The second-order valence-corrected chi connectivity index (χ2v) is 9.56. The molecule has 4 heterocycles. The van der Waals surface area contributed by atoms with E-state index in [4.69, 9.17) is 9.47 Å². The number of imide groups is 2. The molecule has 2 atom stereocenters. The molecule has 9 nitrogen and oxygen atoms in total. The maximum absolute atomic E-state index is 13.3. The number of amides is 4. The van der Waals surface area contributed by atoms with Crippen molar-refractivity contribution in [1.82, 2.24) is 9.80 Å². The van der Waals surface area contributed by atoms with Crippen LogP contribution in [0.5, 0.6) is 0 Å². The van der Waals surface area contributed by atoms with Gasteiger partial charge in [0.15, 0.2) is 5.78 Å². The lowest BCUT2D eigenvalue weighted by atomic mass is 9.96. The van der Waals surface area contributed by atoms with E-state index in [0.29, 0.717) is 13.2 Å². The van der Waals surface area contributed by atoms with Crippen LogP contribution in [0.4, 0.5) is 0 Å². The van der Waals surface area contributed by atoms with Crippen molar-refractivity contribution in [2.75, 3.05) is 26.3 Å². The topological polar surface area (TPSA) is 110 Å². The van der Waals surface area contributed by atoms with Crippen LogP contribution in [0.2, 0.25) is 0 Å². The van der Waals surface area contributed by atoms with E-state index < -0.39 is 29.4 Å². The Labute approximate surface area is 206 Å². The van der Waals surface area contributed by atoms with Gasteiger partial charge in [0, 0.05) is 24.3 Å². The quantitative estimate of drug-likeness (QED) is 0.454. The highest BCUT2D eigenvalue weighted by molar-refractivity contribution is 6.24. The van der Waals surface area contributed by atoms with Crippen molar-refractivity contribution in [3.63, 3.8) is 0 Å². The van der Waals surface area contributed by atoms with Gasteiger partial charge in [0.05, 0.1) is 47.6 Å². The van der Waals surface area contributed by atoms with Crippen molar-refractivity contribution >= 4 is 29.4 Å². The predicted octanol–water partition coefficient (Wildman–Crippen LogP) is 2.47. The van der Waals surface area contributed by atoms with Crippen molar-refractivity contribution in [1.29, 1.82) is 0 Å². The minimum atomic E-state index is -0.445. The number of benzene rings is 2. The zero-order valence-corrected chi connectivity index (χ0v) is 19.5. The predicted molar refractivity (Wildman–Crippen MR) is 125 cm³/mol. The fraction of sp³-hybridized carbons (Fsp3) is 0.370. The van der Waals surface area contributed by atoms with E-state index in [1.54, 1.807) is 0 Å². The first kappa shape index (κ1) is 22.8. The fourth-order valence-electron chi connectivity index (χ4n) is 5.35. The Morgan fingerprint density at radius 2 is 1.08 bits per heavy atom. The molecule has 2 fully saturated rings. The summed E-state index contributed by atoms with van der Waals surface area (Å²) in [4.78, 5) is 67.1. The van der Waals surface area contributed by atoms with Crippen molar-refractivity contribution in [2.24, 2.45) is 0 Å². The van der Waals surface area contributed by atoms with Gasteiger partial charge >= 0.3 is 0 Å². The lowest BCUT2D eigenvalue weighted by Crippen LogP contribution is -2.36. The van der Waals surface area contributed by atoms with Crippen molar-refractivity contribution < 1.29 is 33.4 Å². The van der Waals surface area contributed by atoms with E-state index in [-0.39, 0.29) is 58.7 Å². The summed E-state index contributed by atoms with van der Waals surface area (Å²) < 4.78 is 11.1. The van der Waals surface area contributed by atoms with E-state index in [1.807, 2.05) is 0 Å². The Kier molecular flexibility index (Phi) is 5.54. The summed E-state index contributed by atoms with van der Waals surface area (Å²) in [5, 5.41) is 0. The third-order valence-corrected chi connectivity index (χ3v) is 7.29. The van der Waals surface area contributed by atoms with Gasteiger partial charge in [0.25, 0.3) is 23.6 Å². The summed E-state index contributed by atoms with van der Waals surface area (Å²) in [7, 11) is 0. The first-order chi connectivity index (χ1) is 17.4. The molecule has 0 aromatic heterocycles. The molecule has 6 rings (SSSR count). The van der Waals surface area contributed by atoms with Gasteiger partial charge in [-0.25, -0.2) is 0 Å². The smallest absolute Gasteiger partial charge is 0.261 e. The Hall–Kier alpha value is -3.69. The van der Waals surface area contributed by atoms with Gasteiger partial charge in [-0.2, -0.15) is 0 Å². The van der Waals surface area contributed by atoms with Gasteiger partial charge in [-0.05, 0) is 49.9 Å². The fourth-order valence-corrected chi connectivity index (χ4v) is 5.35. The molecule has 0 saturated carbocycles. The average molecular weight is 488 g/mol. The maximum Gasteiger partial charge on any atom is 0.261 e. The molecule has 0 aliphatic carbocycles. The number of carbonyl (C=O) groups is 5. The molecular formula is C27H24N2O7. The molecule has 2 aromatic carbocycles. The molecule has 0 N–H and O–H groups in total. The summed E-state index contributed by atoms with van der Waals surface area (Å²) in [5.74, 6) is -2.08. The first-order valence-corrected chi connectivity index (χ1v) is 12.2. The first-order valence-electron chi connectivity index (χ1n) is 12.2. The minimum Gasteiger partial charge on any atom is -0.376 e. The highest BCUT2D eigenvalue weighted by atomic mass is 16.5. The molecular weight excluding hydrogens is 464 g/mol. The molecule has 36 heavy (non-hydrogen) atoms. The number of fused-ring (bicyclic) bond motifs is 2. The summed E-state index contributed by atoms with van der Waals surface area (Å²) in [6, 6.07) is 8.85. The second kappa shape index (κ2) is 8.76. The third kappa shape index (κ3) is 3.66. The number of nitrogens with zero attached hydrogens (tertiary/aromatic N) is 2. The third-order valence-electron chi connectivity index (χ3n) is 7.29. The van der Waals surface area contributed by atoms with Crippen LogP contribution in [0.15, 0.2) is 36.4 Å². The van der Waals surface area contributed by atoms with Gasteiger partial charge in [0.2, 0.25) is 0 Å². The molecule has 0 bridgehead atoms. The zero-order chi connectivity index (χ0) is 25.0. The van der Waals surface area contributed by atoms with Crippen LogP contribution in [0.1, 0.15) is 83.0 Å². The summed E-state index contributed by atoms with van der Waals surface area (Å²) in [6.45, 7) is 1.62. The second-order valence-electron chi connectivity index (χ2n) is 9.56. The largest absolute Gasteiger partial charge is 0.376 e. The number of hydrogen-bond donors (Lipinski definition) is 0. The Morgan fingerprint density at radius 1 is 0.667 bits per heavy atom. The lowest BCUT2D eigenvalue weighted by Gasteiger charge is -2.17. The molecule has 0 unspecified atom stereocenters. The van der Waals surface area contributed by atoms with E-state index in [2.05, 4.69) is 0 Å². The molecule has 2 aromatic rings. The SMILES string of the molecule is O=C(c1ccc2c(c1)C(=O)N(C[C@H]1CCCO1)C2=O)c1ccc2c(c1)C(=O)N(C[C@@H]1CCCO1)C2=O. The molecule has 9 heteroatoms. The summed E-state index contributed by atoms with van der Waals surface area (Å²) in [6.07, 6.45) is 3.05. The van der Waals surface area contributed by atoms with Crippen molar-refractivity contribution in [3.8, 4) is 0 Å². The van der Waals surface area contributed by atoms with Crippen molar-refractivity contribution in [2.45, 2.75) is 37.9 Å². The van der Waals surface area contributed by atoms with Gasteiger partial charge < -0.3 is 9.47 Å². The Balaban J connectivity index is 1.23. The molecule has 4 aliphatic rings. The molecule has 0 spiro atoms. The van der Waals surface area contributed by atoms with Gasteiger partial charge in [-0.15, -0.1) is 0 Å². The van der Waals surface area contributed by atoms with E-state index >= 15 is 0 Å². The van der Waals surface area contributed by atoms with Crippen LogP contribution in [-0.2, 0) is 9.47 Å². The van der Waals surface area contributed by atoms with E-state index in [1.165, 1.54) is 46.2 Å². The molecule has 4 aliphatic heterocycles. The average Bonchev–Trinajstić information content (AvgIpc) is 3.68. The Bertz CT molecular complexity index is 1220. The number of hydrogen-bond acceptors (Lipinski definition) is 7. The molecule has 4 amide bonds. The number of rotatable bonds is 6. The number of ketones is 1. The van der Waals surface area contributed by atoms with Crippen LogP contribution < -0.4 is 0 Å². The zero-order valence-electron chi connectivity index (χ0n) is 19.5. The van der Waals surface area contributed by atoms with E-state index in [0.717, 1.165) is 25.7 Å². The standard InChI is InChI=1S/C27H24N2O7/c30-23(15-5-7-19-21(11-15)26(33)28(24(19)31)13-17-3-1-9-35-17)16-6-8-20-22(12-16)27(34)29(25(20)32)14-18-4-2-10-36-18/h5-8,11-12,17-18H,1-4,9-10,13-14H2/t17-,18+. The van der Waals surface area contributed by atoms with E-state index in [9.17, 15) is 24.0 Å². The van der Waals surface area contributed by atoms with Crippen LogP contribution in [-0.4, -0.2) is 77.7 Å². The number of carbonyl (C=O) groups excluding carboxylic acids is 5. The van der Waals surface area contributed by atoms with Crippen LogP contribution in [0, 0.1) is 0 Å². The van der Waals surface area contributed by atoms with Crippen LogP contribution in [0.25, 0.3) is 0 Å². The normalized spacial score (nSPS) is 23.1. The maximum atomic E-state index is 13.3. The summed E-state index contributed by atoms with van der Waals surface area (Å²) in [5.41, 5.74) is 1.32. The van der Waals surface area contributed by atoms with Crippen molar-refractivity contribution in [3.05, 3.63) is 69.8 Å². The minimum absolute atomic E-state index is 0.167. The highest BCUT2D eigenvalue weighted by Crippen LogP contribution is 2.29. The highest BCUT2D eigenvalue weighted by Gasteiger charge is 2.39. The molecule has 184 valence electrons. The van der Waals surface area contributed by atoms with Gasteiger partial charge in [-0.3, -0.25) is 33.8 Å². The molecule has 0 radical (unpaired) electrons. The van der Waals surface area contributed by atoms with Gasteiger partial charge in [0.1, 0.15) is 0 Å². The Morgan fingerprint density at radius 3 is 1.47 bits per heavy atom.